The lowest BCUT2D eigenvalue weighted by molar-refractivity contribution is -0.131. The summed E-state index contributed by atoms with van der Waals surface area (Å²) in [6, 6.07) is 5.65. The smallest absolute Gasteiger partial charge is 0.227 e. The maximum absolute atomic E-state index is 12.9. The fourth-order valence-corrected chi connectivity index (χ4v) is 3.60. The fourth-order valence-electron chi connectivity index (χ4n) is 3.60. The lowest BCUT2D eigenvalue weighted by Gasteiger charge is -2.25. The first kappa shape index (κ1) is 17.3. The molecule has 2 aromatic rings. The van der Waals surface area contributed by atoms with E-state index in [0.717, 1.165) is 42.0 Å². The molecule has 1 atom stereocenters. The van der Waals surface area contributed by atoms with Crippen molar-refractivity contribution in [1.82, 2.24) is 10.1 Å². The minimum absolute atomic E-state index is 0.0545. The highest BCUT2D eigenvalue weighted by atomic mass is 16.5. The van der Waals surface area contributed by atoms with Crippen LogP contribution in [-0.2, 0) is 11.2 Å². The van der Waals surface area contributed by atoms with E-state index in [-0.39, 0.29) is 11.9 Å². The van der Waals surface area contributed by atoms with Crippen molar-refractivity contribution in [2.45, 2.75) is 39.2 Å². The van der Waals surface area contributed by atoms with Crippen molar-refractivity contribution in [3.05, 3.63) is 40.8 Å². The Bertz CT molecular complexity index is 749. The predicted octanol–water partition coefficient (Wildman–Crippen LogP) is 3.21. The molecule has 6 heteroatoms. The summed E-state index contributed by atoms with van der Waals surface area (Å²) < 4.78 is 15.9. The van der Waals surface area contributed by atoms with Gasteiger partial charge in [-0.3, -0.25) is 4.79 Å². The molecule has 0 N–H and O–H groups in total. The molecule has 1 saturated heterocycles. The SMILES string of the molecule is COc1ccc(CC(=O)N2CCCC2c2c(C)noc2C)cc1OC. The van der Waals surface area contributed by atoms with Crippen molar-refractivity contribution >= 4 is 5.91 Å². The number of likely N-dealkylation sites (tertiary alicyclic amines) is 1. The van der Waals surface area contributed by atoms with Crippen LogP contribution in [0.25, 0.3) is 0 Å². The van der Waals surface area contributed by atoms with Crippen LogP contribution in [0.4, 0.5) is 0 Å². The van der Waals surface area contributed by atoms with Crippen LogP contribution in [0.2, 0.25) is 0 Å². The first-order valence-electron chi connectivity index (χ1n) is 8.48. The Morgan fingerprint density at radius 1 is 1.28 bits per heavy atom. The van der Waals surface area contributed by atoms with Gasteiger partial charge in [-0.05, 0) is 44.4 Å². The largest absolute Gasteiger partial charge is 0.493 e. The van der Waals surface area contributed by atoms with E-state index in [1.807, 2.05) is 36.9 Å². The summed E-state index contributed by atoms with van der Waals surface area (Å²) >= 11 is 0. The molecule has 1 aliphatic heterocycles. The van der Waals surface area contributed by atoms with Gasteiger partial charge in [-0.2, -0.15) is 0 Å². The quantitative estimate of drug-likeness (QED) is 0.833. The molecule has 134 valence electrons. The molecule has 1 amide bonds. The van der Waals surface area contributed by atoms with Gasteiger partial charge in [0.15, 0.2) is 11.5 Å². The van der Waals surface area contributed by atoms with Crippen LogP contribution in [0, 0.1) is 13.8 Å². The second-order valence-electron chi connectivity index (χ2n) is 6.35. The Labute approximate surface area is 147 Å². The van der Waals surface area contributed by atoms with Gasteiger partial charge in [-0.15, -0.1) is 0 Å². The Hall–Kier alpha value is -2.50. The molecule has 0 bridgehead atoms. The van der Waals surface area contributed by atoms with Gasteiger partial charge in [0.2, 0.25) is 5.91 Å². The molecule has 25 heavy (non-hydrogen) atoms. The molecule has 0 radical (unpaired) electrons. The number of carbonyl (C=O) groups is 1. The molecule has 0 spiro atoms. The van der Waals surface area contributed by atoms with E-state index in [9.17, 15) is 4.79 Å². The second kappa shape index (κ2) is 7.17. The molecule has 1 aromatic carbocycles. The zero-order valence-electron chi connectivity index (χ0n) is 15.2. The van der Waals surface area contributed by atoms with Gasteiger partial charge in [-0.25, -0.2) is 0 Å². The highest BCUT2D eigenvalue weighted by Crippen LogP contribution is 2.36. The number of ether oxygens (including phenoxy) is 2. The van der Waals surface area contributed by atoms with Crippen LogP contribution in [0.5, 0.6) is 11.5 Å². The van der Waals surface area contributed by atoms with Crippen molar-refractivity contribution in [2.24, 2.45) is 0 Å². The monoisotopic (exact) mass is 344 g/mol. The Morgan fingerprint density at radius 2 is 2.04 bits per heavy atom. The zero-order chi connectivity index (χ0) is 18.0. The number of methoxy groups -OCH3 is 2. The number of nitrogens with zero attached hydrogens (tertiary/aromatic N) is 2. The van der Waals surface area contributed by atoms with Gasteiger partial charge < -0.3 is 18.9 Å². The van der Waals surface area contributed by atoms with Gasteiger partial charge in [0.1, 0.15) is 5.76 Å². The van der Waals surface area contributed by atoms with Crippen LogP contribution in [0.3, 0.4) is 0 Å². The summed E-state index contributed by atoms with van der Waals surface area (Å²) in [6.45, 7) is 4.60. The molecule has 1 fully saturated rings. The van der Waals surface area contributed by atoms with Crippen molar-refractivity contribution < 1.29 is 18.8 Å². The van der Waals surface area contributed by atoms with Gasteiger partial charge in [-0.1, -0.05) is 11.2 Å². The summed E-state index contributed by atoms with van der Waals surface area (Å²) in [4.78, 5) is 14.8. The number of hydrogen-bond acceptors (Lipinski definition) is 5. The van der Waals surface area contributed by atoms with Gasteiger partial charge >= 0.3 is 0 Å². The van der Waals surface area contributed by atoms with Crippen LogP contribution >= 0.6 is 0 Å². The van der Waals surface area contributed by atoms with Gasteiger partial charge in [0.05, 0.1) is 32.4 Å². The summed E-state index contributed by atoms with van der Waals surface area (Å²) in [5.74, 6) is 2.20. The lowest BCUT2D eigenvalue weighted by Crippen LogP contribution is -2.32. The number of aryl methyl sites for hydroxylation is 2. The minimum Gasteiger partial charge on any atom is -0.493 e. The van der Waals surface area contributed by atoms with Crippen molar-refractivity contribution in [2.75, 3.05) is 20.8 Å². The molecule has 0 aliphatic carbocycles. The summed E-state index contributed by atoms with van der Waals surface area (Å²) in [5, 5.41) is 4.04. The topological polar surface area (TPSA) is 64.8 Å². The van der Waals surface area contributed by atoms with Crippen molar-refractivity contribution in [1.29, 1.82) is 0 Å². The number of rotatable bonds is 5. The molecule has 1 aromatic heterocycles. The Balaban J connectivity index is 1.79. The molecule has 1 unspecified atom stereocenters. The maximum Gasteiger partial charge on any atom is 0.227 e. The first-order valence-corrected chi connectivity index (χ1v) is 8.48. The summed E-state index contributed by atoms with van der Waals surface area (Å²) in [5.41, 5.74) is 2.83. The number of benzene rings is 1. The Kier molecular flexibility index (Phi) is 4.97. The molecule has 1 aliphatic rings. The molecular formula is C19H24N2O4. The number of amides is 1. The van der Waals surface area contributed by atoms with E-state index in [2.05, 4.69) is 5.16 Å². The molecule has 2 heterocycles. The number of aromatic nitrogens is 1. The third-order valence-corrected chi connectivity index (χ3v) is 4.80. The van der Waals surface area contributed by atoms with E-state index in [4.69, 9.17) is 14.0 Å². The second-order valence-corrected chi connectivity index (χ2v) is 6.35. The molecule has 6 nitrogen and oxygen atoms in total. The van der Waals surface area contributed by atoms with E-state index in [0.29, 0.717) is 17.9 Å². The maximum atomic E-state index is 12.9. The molecular weight excluding hydrogens is 320 g/mol. The minimum atomic E-state index is 0.0545. The van der Waals surface area contributed by atoms with Gasteiger partial charge in [0, 0.05) is 12.1 Å². The van der Waals surface area contributed by atoms with E-state index < -0.39 is 0 Å². The number of hydrogen-bond donors (Lipinski definition) is 0. The predicted molar refractivity (Wildman–Crippen MR) is 92.9 cm³/mol. The van der Waals surface area contributed by atoms with E-state index >= 15 is 0 Å². The van der Waals surface area contributed by atoms with E-state index in [1.165, 1.54) is 0 Å². The standard InChI is InChI=1S/C19H24N2O4/c1-12-19(13(2)25-20-12)15-6-5-9-21(15)18(22)11-14-7-8-16(23-3)17(10-14)24-4/h7-8,10,15H,5-6,9,11H2,1-4H3. The molecule has 3 rings (SSSR count). The van der Waals surface area contributed by atoms with Gasteiger partial charge in [0.25, 0.3) is 0 Å². The van der Waals surface area contributed by atoms with Crippen LogP contribution in [0.1, 0.15) is 41.5 Å². The van der Waals surface area contributed by atoms with Crippen LogP contribution in [-0.4, -0.2) is 36.7 Å². The summed E-state index contributed by atoms with van der Waals surface area (Å²) in [7, 11) is 3.19. The fraction of sp³-hybridized carbons (Fsp3) is 0.474. The van der Waals surface area contributed by atoms with Crippen LogP contribution in [0.15, 0.2) is 22.7 Å². The average Bonchev–Trinajstić information content (AvgIpc) is 3.21. The summed E-state index contributed by atoms with van der Waals surface area (Å²) in [6.07, 6.45) is 2.27. The third-order valence-electron chi connectivity index (χ3n) is 4.80. The average molecular weight is 344 g/mol. The van der Waals surface area contributed by atoms with Crippen LogP contribution < -0.4 is 9.47 Å². The Morgan fingerprint density at radius 3 is 2.68 bits per heavy atom. The first-order chi connectivity index (χ1) is 12.0. The van der Waals surface area contributed by atoms with E-state index in [1.54, 1.807) is 14.2 Å². The highest BCUT2D eigenvalue weighted by Gasteiger charge is 2.33. The molecule has 0 saturated carbocycles. The lowest BCUT2D eigenvalue weighted by atomic mass is 10.0. The zero-order valence-corrected chi connectivity index (χ0v) is 15.2. The van der Waals surface area contributed by atoms with Crippen molar-refractivity contribution in [3.63, 3.8) is 0 Å². The third kappa shape index (κ3) is 3.34. The van der Waals surface area contributed by atoms with Crippen molar-refractivity contribution in [3.8, 4) is 11.5 Å². The highest BCUT2D eigenvalue weighted by molar-refractivity contribution is 5.80. The number of carbonyl (C=O) groups excluding carboxylic acids is 1. The normalized spacial score (nSPS) is 17.0.